The number of amides is 3. The number of fused-ring (bicyclic) bond motifs is 1. The molecule has 0 spiro atoms. The number of hydrogen-bond acceptors (Lipinski definition) is 6. The van der Waals surface area contributed by atoms with Crippen LogP contribution in [-0.2, 0) is 4.79 Å². The van der Waals surface area contributed by atoms with Crippen molar-refractivity contribution in [2.45, 2.75) is 18.9 Å². The third-order valence-electron chi connectivity index (χ3n) is 4.81. The molecule has 8 heteroatoms. The summed E-state index contributed by atoms with van der Waals surface area (Å²) in [5.41, 5.74) is 0.708. The highest BCUT2D eigenvalue weighted by Crippen LogP contribution is 2.23. The zero-order valence-corrected chi connectivity index (χ0v) is 14.6. The zero-order valence-electron chi connectivity index (χ0n) is 14.6. The summed E-state index contributed by atoms with van der Waals surface area (Å²) in [5, 5.41) is 0. The molecule has 1 aromatic carbocycles. The minimum absolute atomic E-state index is 0.0248. The minimum atomic E-state index is -0.411. The third kappa shape index (κ3) is 3.38. The van der Waals surface area contributed by atoms with Gasteiger partial charge in [0.05, 0.1) is 11.1 Å². The molecule has 3 amide bonds. The lowest BCUT2D eigenvalue weighted by Gasteiger charge is -2.32. The van der Waals surface area contributed by atoms with Crippen molar-refractivity contribution >= 4 is 17.7 Å². The average Bonchev–Trinajstić information content (AvgIpc) is 2.94. The van der Waals surface area contributed by atoms with Gasteiger partial charge in [0.2, 0.25) is 11.8 Å². The number of rotatable bonds is 4. The second-order valence-electron chi connectivity index (χ2n) is 6.49. The number of hydrogen-bond donors (Lipinski definition) is 0. The van der Waals surface area contributed by atoms with Crippen LogP contribution >= 0.6 is 0 Å². The van der Waals surface area contributed by atoms with Crippen LogP contribution in [0.1, 0.15) is 33.6 Å². The monoisotopic (exact) mass is 366 g/mol. The number of likely N-dealkylation sites (tertiary alicyclic amines) is 1. The highest BCUT2D eigenvalue weighted by molar-refractivity contribution is 6.22. The lowest BCUT2D eigenvalue weighted by atomic mass is 10.1. The summed E-state index contributed by atoms with van der Waals surface area (Å²) in [6.07, 6.45) is 4.35. The average molecular weight is 366 g/mol. The van der Waals surface area contributed by atoms with E-state index in [0.717, 1.165) is 4.90 Å². The molecular formula is C19H18N4O4. The first-order valence-electron chi connectivity index (χ1n) is 8.79. The van der Waals surface area contributed by atoms with Crippen molar-refractivity contribution in [1.29, 1.82) is 0 Å². The predicted octanol–water partition coefficient (Wildman–Crippen LogP) is 1.14. The molecule has 0 atom stereocenters. The van der Waals surface area contributed by atoms with E-state index in [1.165, 1.54) is 6.33 Å². The standard InChI is InChI=1S/C19H18N4O4/c24-17(11-23-18(25)14-3-1-2-4-15(14)19(23)26)22-9-6-13(7-10-22)27-16-5-8-20-12-21-16/h1-5,8,12-13H,6-7,9-11H2. The first kappa shape index (κ1) is 17.1. The third-order valence-corrected chi connectivity index (χ3v) is 4.81. The van der Waals surface area contributed by atoms with Crippen LogP contribution in [0.25, 0.3) is 0 Å². The van der Waals surface area contributed by atoms with E-state index in [0.29, 0.717) is 42.9 Å². The largest absolute Gasteiger partial charge is 0.474 e. The second kappa shape index (κ2) is 7.14. The fourth-order valence-electron chi connectivity index (χ4n) is 3.36. The number of ether oxygens (including phenoxy) is 1. The van der Waals surface area contributed by atoms with E-state index in [1.54, 1.807) is 41.4 Å². The molecule has 2 aromatic rings. The van der Waals surface area contributed by atoms with Gasteiger partial charge in [-0.1, -0.05) is 12.1 Å². The van der Waals surface area contributed by atoms with E-state index < -0.39 is 11.8 Å². The van der Waals surface area contributed by atoms with Crippen LogP contribution in [0.4, 0.5) is 0 Å². The van der Waals surface area contributed by atoms with Crippen molar-refractivity contribution in [2.24, 2.45) is 0 Å². The van der Waals surface area contributed by atoms with E-state index in [1.807, 2.05) is 0 Å². The molecule has 0 N–H and O–H groups in total. The van der Waals surface area contributed by atoms with Crippen molar-refractivity contribution in [3.8, 4) is 5.88 Å². The van der Waals surface area contributed by atoms with Crippen LogP contribution in [0.3, 0.4) is 0 Å². The summed E-state index contributed by atoms with van der Waals surface area (Å²) in [4.78, 5) is 47.9. The Labute approximate surface area is 155 Å². The van der Waals surface area contributed by atoms with Gasteiger partial charge < -0.3 is 9.64 Å². The van der Waals surface area contributed by atoms with Gasteiger partial charge in [0, 0.05) is 38.2 Å². The zero-order chi connectivity index (χ0) is 18.8. The number of carbonyl (C=O) groups excluding carboxylic acids is 3. The van der Waals surface area contributed by atoms with E-state index in [2.05, 4.69) is 9.97 Å². The van der Waals surface area contributed by atoms with Crippen molar-refractivity contribution in [1.82, 2.24) is 19.8 Å². The van der Waals surface area contributed by atoms with Crippen molar-refractivity contribution in [3.05, 3.63) is 54.0 Å². The predicted molar refractivity (Wildman–Crippen MR) is 94.1 cm³/mol. The molecule has 4 rings (SSSR count). The van der Waals surface area contributed by atoms with E-state index in [-0.39, 0.29) is 18.6 Å². The maximum absolute atomic E-state index is 12.6. The Morgan fingerprint density at radius 2 is 1.74 bits per heavy atom. The lowest BCUT2D eigenvalue weighted by Crippen LogP contribution is -2.47. The van der Waals surface area contributed by atoms with Crippen LogP contribution in [0.15, 0.2) is 42.9 Å². The van der Waals surface area contributed by atoms with E-state index in [9.17, 15) is 14.4 Å². The second-order valence-corrected chi connectivity index (χ2v) is 6.49. The number of piperidine rings is 1. The molecule has 1 saturated heterocycles. The maximum atomic E-state index is 12.6. The Bertz CT molecular complexity index is 843. The molecule has 0 saturated carbocycles. The SMILES string of the molecule is O=C(CN1C(=O)c2ccccc2C1=O)N1CCC(Oc2ccncn2)CC1. The molecule has 2 aliphatic rings. The van der Waals surface area contributed by atoms with Crippen LogP contribution in [0, 0.1) is 0 Å². The van der Waals surface area contributed by atoms with Gasteiger partial charge in [-0.05, 0) is 12.1 Å². The van der Waals surface area contributed by atoms with Crippen LogP contribution in [0.5, 0.6) is 5.88 Å². The summed E-state index contributed by atoms with van der Waals surface area (Å²) in [5.74, 6) is -0.539. The maximum Gasteiger partial charge on any atom is 0.262 e. The molecule has 1 fully saturated rings. The Morgan fingerprint density at radius 1 is 1.07 bits per heavy atom. The quantitative estimate of drug-likeness (QED) is 0.754. The van der Waals surface area contributed by atoms with Crippen molar-refractivity contribution in [3.63, 3.8) is 0 Å². The molecule has 2 aliphatic heterocycles. The summed E-state index contributed by atoms with van der Waals surface area (Å²) >= 11 is 0. The molecule has 0 unspecified atom stereocenters. The number of carbonyl (C=O) groups is 3. The van der Waals surface area contributed by atoms with Gasteiger partial charge in [-0.25, -0.2) is 9.97 Å². The Hall–Kier alpha value is -3.29. The highest BCUT2D eigenvalue weighted by Gasteiger charge is 2.37. The summed E-state index contributed by atoms with van der Waals surface area (Å²) in [6, 6.07) is 8.32. The fourth-order valence-corrected chi connectivity index (χ4v) is 3.36. The summed E-state index contributed by atoms with van der Waals surface area (Å²) in [7, 11) is 0. The Balaban J connectivity index is 1.33. The van der Waals surface area contributed by atoms with Gasteiger partial charge in [0.1, 0.15) is 19.0 Å². The molecule has 0 radical (unpaired) electrons. The first-order chi connectivity index (χ1) is 13.1. The van der Waals surface area contributed by atoms with Gasteiger partial charge in [-0.15, -0.1) is 0 Å². The van der Waals surface area contributed by atoms with Crippen LogP contribution in [-0.4, -0.2) is 63.2 Å². The topological polar surface area (TPSA) is 92.7 Å². The smallest absolute Gasteiger partial charge is 0.262 e. The van der Waals surface area contributed by atoms with E-state index in [4.69, 9.17) is 4.74 Å². The molecule has 138 valence electrons. The molecule has 3 heterocycles. The normalized spacial score (nSPS) is 17.2. The molecular weight excluding hydrogens is 348 g/mol. The fraction of sp³-hybridized carbons (Fsp3) is 0.316. The van der Waals surface area contributed by atoms with Gasteiger partial charge in [-0.3, -0.25) is 19.3 Å². The van der Waals surface area contributed by atoms with Crippen molar-refractivity contribution < 1.29 is 19.1 Å². The lowest BCUT2D eigenvalue weighted by molar-refractivity contribution is -0.133. The van der Waals surface area contributed by atoms with Crippen LogP contribution < -0.4 is 4.74 Å². The first-order valence-corrected chi connectivity index (χ1v) is 8.79. The summed E-state index contributed by atoms with van der Waals surface area (Å²) < 4.78 is 5.79. The number of aromatic nitrogens is 2. The van der Waals surface area contributed by atoms with E-state index >= 15 is 0 Å². The van der Waals surface area contributed by atoms with Gasteiger partial charge in [-0.2, -0.15) is 0 Å². The van der Waals surface area contributed by atoms with Gasteiger partial charge >= 0.3 is 0 Å². The Morgan fingerprint density at radius 3 is 2.33 bits per heavy atom. The van der Waals surface area contributed by atoms with Crippen molar-refractivity contribution in [2.75, 3.05) is 19.6 Å². The molecule has 1 aromatic heterocycles. The number of imide groups is 1. The minimum Gasteiger partial charge on any atom is -0.474 e. The number of benzene rings is 1. The molecule has 27 heavy (non-hydrogen) atoms. The van der Waals surface area contributed by atoms with Gasteiger partial charge in [0.25, 0.3) is 11.8 Å². The Kier molecular flexibility index (Phi) is 4.53. The summed E-state index contributed by atoms with van der Waals surface area (Å²) in [6.45, 7) is 0.791. The van der Waals surface area contributed by atoms with Gasteiger partial charge in [0.15, 0.2) is 0 Å². The highest BCUT2D eigenvalue weighted by atomic mass is 16.5. The molecule has 8 nitrogen and oxygen atoms in total. The van der Waals surface area contributed by atoms with Crippen LogP contribution in [0.2, 0.25) is 0 Å². The number of nitrogens with zero attached hydrogens (tertiary/aromatic N) is 4. The molecule has 0 bridgehead atoms. The molecule has 0 aliphatic carbocycles.